The fourth-order valence-corrected chi connectivity index (χ4v) is 8.77. The molecule has 2 bridgehead atoms. The maximum atomic E-state index is 10.8. The zero-order chi connectivity index (χ0) is 24.1. The molecule has 4 atom stereocenters. The Morgan fingerprint density at radius 2 is 0.914 bits per heavy atom. The van der Waals surface area contributed by atoms with Crippen LogP contribution in [0.1, 0.15) is 141 Å². The van der Waals surface area contributed by atoms with Crippen LogP contribution in [0.2, 0.25) is 0 Å². The van der Waals surface area contributed by atoms with E-state index in [-0.39, 0.29) is 0 Å². The first kappa shape index (κ1) is 23.4. The smallest absolute Gasteiger partial charge is 0.119 e. The van der Waals surface area contributed by atoms with E-state index in [1.54, 1.807) is 0 Å². The second-order valence-corrected chi connectivity index (χ2v) is 12.6. The molecule has 2 heteroatoms. The highest BCUT2D eigenvalue weighted by Gasteiger charge is 2.47. The molecular formula is C33H44O2. The third-order valence-corrected chi connectivity index (χ3v) is 10.6. The highest BCUT2D eigenvalue weighted by Crippen LogP contribution is 2.60. The lowest BCUT2D eigenvalue weighted by atomic mass is 9.72. The van der Waals surface area contributed by atoms with Gasteiger partial charge < -0.3 is 10.2 Å². The Labute approximate surface area is 212 Å². The van der Waals surface area contributed by atoms with Crippen molar-refractivity contribution >= 4 is 0 Å². The molecule has 2 aromatic rings. The van der Waals surface area contributed by atoms with E-state index >= 15 is 0 Å². The molecule has 188 valence electrons. The second kappa shape index (κ2) is 9.49. The van der Waals surface area contributed by atoms with Gasteiger partial charge in [-0.3, -0.25) is 0 Å². The van der Waals surface area contributed by atoms with E-state index in [9.17, 15) is 10.2 Å². The highest BCUT2D eigenvalue weighted by molar-refractivity contribution is 5.48. The minimum absolute atomic E-state index is 0.536. The van der Waals surface area contributed by atoms with Crippen LogP contribution in [0.25, 0.3) is 0 Å². The van der Waals surface area contributed by atoms with Crippen molar-refractivity contribution in [1.29, 1.82) is 0 Å². The first-order valence-corrected chi connectivity index (χ1v) is 14.7. The fourth-order valence-electron chi connectivity index (χ4n) is 8.77. The third-order valence-electron chi connectivity index (χ3n) is 10.6. The van der Waals surface area contributed by atoms with Crippen LogP contribution in [0.5, 0.6) is 11.5 Å². The van der Waals surface area contributed by atoms with E-state index in [4.69, 9.17) is 0 Å². The Morgan fingerprint density at radius 1 is 0.514 bits per heavy atom. The molecule has 4 aliphatic carbocycles. The van der Waals surface area contributed by atoms with Crippen molar-refractivity contribution in [3.05, 3.63) is 57.6 Å². The van der Waals surface area contributed by atoms with E-state index in [2.05, 4.69) is 38.1 Å². The molecule has 0 radical (unpaired) electrons. The van der Waals surface area contributed by atoms with Crippen molar-refractivity contribution in [1.82, 2.24) is 0 Å². The first-order chi connectivity index (χ1) is 17.0. The summed E-state index contributed by atoms with van der Waals surface area (Å²) in [6.07, 6.45) is 16.8. The average molecular weight is 473 g/mol. The molecule has 2 N–H and O–H groups in total. The van der Waals surface area contributed by atoms with Gasteiger partial charge in [-0.15, -0.1) is 0 Å². The number of benzene rings is 2. The molecule has 6 rings (SSSR count). The van der Waals surface area contributed by atoms with E-state index in [0.717, 1.165) is 11.8 Å². The lowest BCUT2D eigenvalue weighted by molar-refractivity contribution is 0.370. The van der Waals surface area contributed by atoms with E-state index in [1.807, 2.05) is 0 Å². The Morgan fingerprint density at radius 3 is 1.29 bits per heavy atom. The van der Waals surface area contributed by atoms with Crippen LogP contribution in [0.4, 0.5) is 0 Å². The molecule has 0 aromatic heterocycles. The number of aromatic hydroxyl groups is 2. The molecule has 4 aliphatic rings. The molecule has 0 heterocycles. The number of fused-ring (bicyclic) bond motifs is 2. The van der Waals surface area contributed by atoms with Crippen LogP contribution < -0.4 is 0 Å². The summed E-state index contributed by atoms with van der Waals surface area (Å²) in [7, 11) is 0. The maximum absolute atomic E-state index is 10.8. The number of rotatable bonds is 4. The van der Waals surface area contributed by atoms with E-state index in [1.165, 1.54) is 117 Å². The quantitative estimate of drug-likeness (QED) is 0.466. The van der Waals surface area contributed by atoms with Gasteiger partial charge in [0.05, 0.1) is 0 Å². The van der Waals surface area contributed by atoms with Gasteiger partial charge in [0.1, 0.15) is 11.5 Å². The first-order valence-electron chi connectivity index (χ1n) is 14.7. The summed E-state index contributed by atoms with van der Waals surface area (Å²) in [5, 5.41) is 21.6. The molecule has 2 nitrogen and oxygen atoms in total. The van der Waals surface area contributed by atoms with Crippen LogP contribution in [-0.2, 0) is 0 Å². The SMILES string of the molecule is Cc1cc(O)c(C2CCCCC2)cc1C1CC2CC1CC2c1cc(C2CCCCC2)c(O)cc1C. The minimum Gasteiger partial charge on any atom is -0.508 e. The summed E-state index contributed by atoms with van der Waals surface area (Å²) in [5.41, 5.74) is 8.10. The summed E-state index contributed by atoms with van der Waals surface area (Å²) in [6.45, 7) is 4.42. The summed E-state index contributed by atoms with van der Waals surface area (Å²) >= 11 is 0. The number of phenols is 2. The van der Waals surface area contributed by atoms with Crippen LogP contribution in [-0.4, -0.2) is 10.2 Å². The standard InChI is InChI=1S/C33H44O2/c1-20-13-32(34)30(22-9-5-3-6-10-22)18-26(20)28-16-25-15-24(28)17-29(25)27-19-31(33(35)14-21(27)2)23-11-7-4-8-12-23/h13-14,18-19,22-25,28-29,34-35H,3-12,15-17H2,1-2H3. The summed E-state index contributed by atoms with van der Waals surface area (Å²) in [5.74, 6) is 4.96. The van der Waals surface area contributed by atoms with Gasteiger partial charge in [-0.05, 0) is 140 Å². The van der Waals surface area contributed by atoms with E-state index < -0.39 is 0 Å². The Hall–Kier alpha value is -1.96. The van der Waals surface area contributed by atoms with Crippen molar-refractivity contribution in [2.45, 2.75) is 121 Å². The fraction of sp³-hybridized carbons (Fsp3) is 0.636. The van der Waals surface area contributed by atoms with Crippen molar-refractivity contribution in [3.63, 3.8) is 0 Å². The Kier molecular flexibility index (Phi) is 6.35. The molecule has 0 amide bonds. The van der Waals surface area contributed by atoms with Gasteiger partial charge in [-0.1, -0.05) is 50.7 Å². The van der Waals surface area contributed by atoms with Crippen molar-refractivity contribution in [3.8, 4) is 11.5 Å². The number of hydrogen-bond acceptors (Lipinski definition) is 2. The predicted molar refractivity (Wildman–Crippen MR) is 144 cm³/mol. The van der Waals surface area contributed by atoms with Gasteiger partial charge in [0.15, 0.2) is 0 Å². The molecule has 4 unspecified atom stereocenters. The highest BCUT2D eigenvalue weighted by atomic mass is 16.3. The predicted octanol–water partition coefficient (Wildman–Crippen LogP) is 9.11. The molecular weight excluding hydrogens is 428 g/mol. The largest absolute Gasteiger partial charge is 0.508 e. The van der Waals surface area contributed by atoms with Crippen molar-refractivity contribution < 1.29 is 10.2 Å². The molecule has 4 fully saturated rings. The molecule has 2 aromatic carbocycles. The number of aryl methyl sites for hydroxylation is 2. The lowest BCUT2D eigenvalue weighted by Gasteiger charge is -2.32. The van der Waals surface area contributed by atoms with Crippen LogP contribution in [0, 0.1) is 25.7 Å². The number of hydrogen-bond donors (Lipinski definition) is 2. The van der Waals surface area contributed by atoms with Crippen LogP contribution in [0.3, 0.4) is 0 Å². The molecule has 0 spiro atoms. The average Bonchev–Trinajstić information content (AvgIpc) is 3.46. The summed E-state index contributed by atoms with van der Waals surface area (Å²) in [6, 6.07) is 8.99. The topological polar surface area (TPSA) is 40.5 Å². The molecule has 4 saturated carbocycles. The molecule has 35 heavy (non-hydrogen) atoms. The summed E-state index contributed by atoms with van der Waals surface area (Å²) in [4.78, 5) is 0. The van der Waals surface area contributed by atoms with Crippen LogP contribution in [0.15, 0.2) is 24.3 Å². The molecule has 0 aliphatic heterocycles. The normalized spacial score (nSPS) is 29.7. The van der Waals surface area contributed by atoms with Gasteiger partial charge in [-0.25, -0.2) is 0 Å². The molecule has 0 saturated heterocycles. The monoisotopic (exact) mass is 472 g/mol. The van der Waals surface area contributed by atoms with Gasteiger partial charge in [0, 0.05) is 0 Å². The Bertz CT molecular complexity index is 987. The zero-order valence-corrected chi connectivity index (χ0v) is 21.9. The van der Waals surface area contributed by atoms with Gasteiger partial charge >= 0.3 is 0 Å². The minimum atomic E-state index is 0.536. The second-order valence-electron chi connectivity index (χ2n) is 12.6. The summed E-state index contributed by atoms with van der Waals surface area (Å²) < 4.78 is 0. The number of phenolic OH excluding ortho intramolecular Hbond substituents is 2. The van der Waals surface area contributed by atoms with Gasteiger partial charge in [-0.2, -0.15) is 0 Å². The Balaban J connectivity index is 1.24. The van der Waals surface area contributed by atoms with Crippen molar-refractivity contribution in [2.75, 3.05) is 0 Å². The van der Waals surface area contributed by atoms with Gasteiger partial charge in [0.2, 0.25) is 0 Å². The maximum Gasteiger partial charge on any atom is 0.119 e. The zero-order valence-electron chi connectivity index (χ0n) is 21.9. The van der Waals surface area contributed by atoms with E-state index in [0.29, 0.717) is 35.2 Å². The van der Waals surface area contributed by atoms with Crippen LogP contribution >= 0.6 is 0 Å². The lowest BCUT2D eigenvalue weighted by Crippen LogP contribution is -2.18. The van der Waals surface area contributed by atoms with Crippen molar-refractivity contribution in [2.24, 2.45) is 11.8 Å². The third kappa shape index (κ3) is 4.30. The van der Waals surface area contributed by atoms with Gasteiger partial charge in [0.25, 0.3) is 0 Å².